The van der Waals surface area contributed by atoms with Gasteiger partial charge in [0.25, 0.3) is 6.23 Å². The third-order valence-electron chi connectivity index (χ3n) is 5.02. The van der Waals surface area contributed by atoms with Crippen molar-refractivity contribution in [3.8, 4) is 17.2 Å². The van der Waals surface area contributed by atoms with Crippen molar-refractivity contribution in [1.29, 1.82) is 0 Å². The molecule has 1 aromatic carbocycles. The van der Waals surface area contributed by atoms with Crippen molar-refractivity contribution >= 4 is 34.0 Å². The molecule has 1 aliphatic rings. The van der Waals surface area contributed by atoms with Gasteiger partial charge in [-0.2, -0.15) is 0 Å². The standard InChI is InChI=1S/C21H27ClN4O6S/c1-4-5-9-17-23-24-21(33-17)26(28)14-25(11-10-22)12-18(26)32-19(27)13-31-20-15(29-2)7-6-8-16(20)30-3/h4,6-8,18H,1,5,9-14H2,2-3H3. The van der Waals surface area contributed by atoms with E-state index in [9.17, 15) is 10.0 Å². The zero-order valence-corrected chi connectivity index (χ0v) is 20.1. The van der Waals surface area contributed by atoms with Crippen LogP contribution in [0.15, 0.2) is 30.9 Å². The molecule has 0 bridgehead atoms. The summed E-state index contributed by atoms with van der Waals surface area (Å²) in [7, 11) is 2.97. The Labute approximate surface area is 201 Å². The van der Waals surface area contributed by atoms with Gasteiger partial charge < -0.3 is 24.2 Å². The number of carbonyl (C=O) groups is 1. The van der Waals surface area contributed by atoms with Gasteiger partial charge in [-0.05, 0) is 29.9 Å². The third kappa shape index (κ3) is 5.92. The van der Waals surface area contributed by atoms with E-state index < -0.39 is 23.5 Å². The second kappa shape index (κ2) is 11.6. The van der Waals surface area contributed by atoms with Crippen LogP contribution in [-0.4, -0.2) is 73.8 Å². The lowest BCUT2D eigenvalue weighted by Gasteiger charge is -2.38. The Balaban J connectivity index is 1.72. The fourth-order valence-corrected chi connectivity index (χ4v) is 4.55. The molecule has 0 N–H and O–H groups in total. The van der Waals surface area contributed by atoms with Crippen molar-refractivity contribution in [2.75, 3.05) is 46.5 Å². The molecule has 33 heavy (non-hydrogen) atoms. The molecule has 0 spiro atoms. The van der Waals surface area contributed by atoms with Gasteiger partial charge in [0.1, 0.15) is 11.7 Å². The summed E-state index contributed by atoms with van der Waals surface area (Å²) in [5.41, 5.74) is 0. The molecule has 0 radical (unpaired) electrons. The molecule has 2 aromatic rings. The number of aromatic nitrogens is 2. The van der Waals surface area contributed by atoms with Gasteiger partial charge in [0.05, 0.1) is 20.8 Å². The summed E-state index contributed by atoms with van der Waals surface area (Å²) in [5, 5.41) is 23.0. The first-order valence-electron chi connectivity index (χ1n) is 10.3. The molecule has 1 saturated heterocycles. The van der Waals surface area contributed by atoms with Crippen LogP contribution in [0.4, 0.5) is 5.13 Å². The predicted octanol–water partition coefficient (Wildman–Crippen LogP) is 2.94. The average molecular weight is 499 g/mol. The van der Waals surface area contributed by atoms with Crippen LogP contribution in [0.2, 0.25) is 0 Å². The van der Waals surface area contributed by atoms with Gasteiger partial charge in [0.15, 0.2) is 18.1 Å². The highest BCUT2D eigenvalue weighted by atomic mass is 35.5. The first-order valence-corrected chi connectivity index (χ1v) is 11.6. The maximum Gasteiger partial charge on any atom is 0.348 e. The lowest BCUT2D eigenvalue weighted by atomic mass is 10.3. The van der Waals surface area contributed by atoms with Gasteiger partial charge in [0.2, 0.25) is 5.75 Å². The van der Waals surface area contributed by atoms with E-state index in [0.717, 1.165) is 11.4 Å². The maximum absolute atomic E-state index is 13.8. The van der Waals surface area contributed by atoms with Crippen molar-refractivity contribution in [3.05, 3.63) is 41.1 Å². The molecule has 2 atom stereocenters. The second-order valence-electron chi connectivity index (χ2n) is 7.23. The summed E-state index contributed by atoms with van der Waals surface area (Å²) in [6, 6.07) is 5.10. The van der Waals surface area contributed by atoms with Gasteiger partial charge in [-0.15, -0.1) is 23.3 Å². The molecule has 180 valence electrons. The Bertz CT molecular complexity index is 938. The number of carbonyl (C=O) groups excluding carboxylic acids is 1. The van der Waals surface area contributed by atoms with Gasteiger partial charge in [-0.1, -0.05) is 17.2 Å². The monoisotopic (exact) mass is 498 g/mol. The Hall–Kier alpha value is -2.44. The van der Waals surface area contributed by atoms with Crippen molar-refractivity contribution in [1.82, 2.24) is 19.7 Å². The average Bonchev–Trinajstić information content (AvgIpc) is 3.41. The van der Waals surface area contributed by atoms with Gasteiger partial charge in [0, 0.05) is 18.8 Å². The van der Waals surface area contributed by atoms with Crippen LogP contribution in [0.1, 0.15) is 11.4 Å². The van der Waals surface area contributed by atoms with E-state index in [0.29, 0.717) is 30.3 Å². The van der Waals surface area contributed by atoms with E-state index in [1.807, 2.05) is 4.90 Å². The van der Waals surface area contributed by atoms with Crippen molar-refractivity contribution < 1.29 is 23.7 Å². The van der Waals surface area contributed by atoms with Crippen LogP contribution in [0.25, 0.3) is 0 Å². The highest BCUT2D eigenvalue weighted by Gasteiger charge is 2.46. The van der Waals surface area contributed by atoms with Crippen LogP contribution in [0.5, 0.6) is 17.2 Å². The zero-order chi connectivity index (χ0) is 23.8. The lowest BCUT2D eigenvalue weighted by Crippen LogP contribution is -2.51. The number of alkyl halides is 1. The smallest absolute Gasteiger partial charge is 0.348 e. The number of benzene rings is 1. The molecule has 1 aromatic heterocycles. The molecule has 2 heterocycles. The zero-order valence-electron chi connectivity index (χ0n) is 18.6. The van der Waals surface area contributed by atoms with Crippen LogP contribution in [-0.2, 0) is 16.0 Å². The number of hydrogen-bond acceptors (Lipinski definition) is 10. The fraction of sp³-hybridized carbons (Fsp3) is 0.476. The van der Waals surface area contributed by atoms with Crippen LogP contribution >= 0.6 is 22.9 Å². The number of allylic oxidation sites excluding steroid dienone is 1. The summed E-state index contributed by atoms with van der Waals surface area (Å²) < 4.78 is 20.8. The number of para-hydroxylation sites is 1. The van der Waals surface area contributed by atoms with Crippen molar-refractivity contribution in [2.24, 2.45) is 0 Å². The number of rotatable bonds is 12. The number of hydroxylamine groups is 2. The van der Waals surface area contributed by atoms with Crippen LogP contribution in [0.3, 0.4) is 0 Å². The van der Waals surface area contributed by atoms with Crippen molar-refractivity contribution in [3.63, 3.8) is 0 Å². The largest absolute Gasteiger partial charge is 0.622 e. The molecule has 0 aliphatic carbocycles. The van der Waals surface area contributed by atoms with E-state index >= 15 is 0 Å². The summed E-state index contributed by atoms with van der Waals surface area (Å²) in [4.78, 5) is 14.5. The van der Waals surface area contributed by atoms with E-state index in [1.165, 1.54) is 25.6 Å². The molecule has 1 fully saturated rings. The molecule has 0 saturated carbocycles. The molecule has 2 unspecified atom stereocenters. The Morgan fingerprint density at radius 3 is 2.73 bits per heavy atom. The fourth-order valence-electron chi connectivity index (χ4n) is 3.39. The van der Waals surface area contributed by atoms with E-state index in [1.54, 1.807) is 24.3 Å². The Kier molecular flexibility index (Phi) is 8.87. The minimum atomic E-state index is -1.02. The number of halogens is 1. The summed E-state index contributed by atoms with van der Waals surface area (Å²) >= 11 is 7.09. The molecular formula is C21H27ClN4O6S. The van der Waals surface area contributed by atoms with Gasteiger partial charge >= 0.3 is 11.1 Å². The second-order valence-corrected chi connectivity index (χ2v) is 8.65. The lowest BCUT2D eigenvalue weighted by molar-refractivity contribution is -0.155. The van der Waals surface area contributed by atoms with Crippen molar-refractivity contribution in [2.45, 2.75) is 19.1 Å². The molecule has 3 rings (SSSR count). The maximum atomic E-state index is 13.8. The van der Waals surface area contributed by atoms with Gasteiger partial charge in [-0.25, -0.2) is 9.69 Å². The molecule has 10 nitrogen and oxygen atoms in total. The van der Waals surface area contributed by atoms with Crippen LogP contribution in [0, 0.1) is 5.21 Å². The summed E-state index contributed by atoms with van der Waals surface area (Å²) in [6.45, 7) is 4.03. The number of nitrogens with zero attached hydrogens (tertiary/aromatic N) is 4. The minimum Gasteiger partial charge on any atom is -0.622 e. The number of quaternary nitrogens is 1. The minimum absolute atomic E-state index is 0.0575. The normalized spacial score (nSPS) is 20.4. The highest BCUT2D eigenvalue weighted by molar-refractivity contribution is 7.15. The molecule has 12 heteroatoms. The topological polar surface area (TPSA) is 106 Å². The number of ether oxygens (including phenoxy) is 4. The third-order valence-corrected chi connectivity index (χ3v) is 6.28. The summed E-state index contributed by atoms with van der Waals surface area (Å²) in [6.07, 6.45) is 2.13. The number of aryl methyl sites for hydroxylation is 1. The number of esters is 1. The number of hydrogen-bond donors (Lipinski definition) is 0. The van der Waals surface area contributed by atoms with E-state index in [-0.39, 0.29) is 24.1 Å². The Morgan fingerprint density at radius 1 is 1.36 bits per heavy atom. The van der Waals surface area contributed by atoms with Crippen LogP contribution < -0.4 is 18.9 Å². The Morgan fingerprint density at radius 2 is 2.09 bits per heavy atom. The summed E-state index contributed by atoms with van der Waals surface area (Å²) in [5.74, 6) is 0.735. The van der Waals surface area contributed by atoms with E-state index in [2.05, 4.69) is 16.8 Å². The molecule has 0 amide bonds. The molecular weight excluding hydrogens is 472 g/mol. The first kappa shape index (κ1) is 25.2. The quantitative estimate of drug-likeness (QED) is 0.143. The first-order chi connectivity index (χ1) is 15.9. The molecule has 1 aliphatic heterocycles. The number of methoxy groups -OCH3 is 2. The highest BCUT2D eigenvalue weighted by Crippen LogP contribution is 2.37. The van der Waals surface area contributed by atoms with Gasteiger partial charge in [-0.3, -0.25) is 4.65 Å². The SMILES string of the molecule is C=CCCc1nnc([N+]2([O-])CN(CCCl)CC2OC(=O)COc2c(OC)cccc2OC)s1. The van der Waals surface area contributed by atoms with E-state index in [4.69, 9.17) is 30.5 Å². The predicted molar refractivity (Wildman–Crippen MR) is 126 cm³/mol.